The largest absolute Gasteiger partial charge is 0.417 e. The van der Waals surface area contributed by atoms with Gasteiger partial charge in [0.25, 0.3) is 5.91 Å². The Morgan fingerprint density at radius 1 is 1.36 bits per heavy atom. The number of nitriles is 1. The second kappa shape index (κ2) is 6.52. The Labute approximate surface area is 147 Å². The second-order valence-electron chi connectivity index (χ2n) is 6.17. The van der Waals surface area contributed by atoms with Crippen LogP contribution in [0, 0.1) is 17.2 Å². The second-order valence-corrected chi connectivity index (χ2v) is 7.27. The molecule has 1 aliphatic rings. The highest BCUT2D eigenvalue weighted by Gasteiger charge is 2.35. The Bertz CT molecular complexity index is 864. The van der Waals surface area contributed by atoms with E-state index in [0.717, 1.165) is 41.8 Å². The molecule has 0 radical (unpaired) electrons. The number of hydrogen-bond acceptors (Lipinski definition) is 3. The van der Waals surface area contributed by atoms with Gasteiger partial charge in [-0.3, -0.25) is 4.79 Å². The molecule has 130 valence electrons. The number of amides is 1. The molecule has 1 N–H and O–H groups in total. The summed E-state index contributed by atoms with van der Waals surface area (Å²) in [6, 6.07) is 6.74. The molecule has 0 aliphatic heterocycles. The van der Waals surface area contributed by atoms with Gasteiger partial charge >= 0.3 is 6.18 Å². The van der Waals surface area contributed by atoms with Crippen molar-refractivity contribution in [2.24, 2.45) is 5.92 Å². The lowest BCUT2D eigenvalue weighted by molar-refractivity contribution is -0.137. The fourth-order valence-corrected chi connectivity index (χ4v) is 4.41. The third kappa shape index (κ3) is 3.40. The summed E-state index contributed by atoms with van der Waals surface area (Å²) in [5.74, 6) is -0.358. The summed E-state index contributed by atoms with van der Waals surface area (Å²) >= 11 is 1.29. The predicted molar refractivity (Wildman–Crippen MR) is 89.6 cm³/mol. The van der Waals surface area contributed by atoms with Crippen molar-refractivity contribution < 1.29 is 18.0 Å². The van der Waals surface area contributed by atoms with Crippen LogP contribution in [0.2, 0.25) is 0 Å². The fraction of sp³-hybridized carbons (Fsp3) is 0.333. The molecule has 3 nitrogen and oxygen atoms in total. The quantitative estimate of drug-likeness (QED) is 0.814. The van der Waals surface area contributed by atoms with Crippen molar-refractivity contribution in [3.05, 3.63) is 51.4 Å². The summed E-state index contributed by atoms with van der Waals surface area (Å²) < 4.78 is 39.3. The zero-order valence-corrected chi connectivity index (χ0v) is 14.2. The Morgan fingerprint density at radius 3 is 2.76 bits per heavy atom. The Morgan fingerprint density at radius 2 is 2.08 bits per heavy atom. The third-order valence-electron chi connectivity index (χ3n) is 4.33. The zero-order chi connectivity index (χ0) is 18.2. The number of carbonyl (C=O) groups is 1. The summed E-state index contributed by atoms with van der Waals surface area (Å²) in [7, 11) is 0. The highest BCUT2D eigenvalue weighted by molar-refractivity contribution is 7.16. The van der Waals surface area contributed by atoms with Gasteiger partial charge < -0.3 is 5.32 Å². The first-order chi connectivity index (χ1) is 11.8. The lowest BCUT2D eigenvalue weighted by Gasteiger charge is -2.17. The van der Waals surface area contributed by atoms with Crippen molar-refractivity contribution in [3.63, 3.8) is 0 Å². The summed E-state index contributed by atoms with van der Waals surface area (Å²) in [5.41, 5.74) is -0.130. The molecule has 3 rings (SSSR count). The first-order valence-corrected chi connectivity index (χ1v) is 8.65. The molecule has 1 heterocycles. The van der Waals surface area contributed by atoms with Crippen LogP contribution in [-0.4, -0.2) is 5.91 Å². The smallest absolute Gasteiger partial charge is 0.312 e. The zero-order valence-electron chi connectivity index (χ0n) is 13.4. The Hall–Kier alpha value is -2.33. The molecule has 0 saturated carbocycles. The molecule has 0 unspecified atom stereocenters. The van der Waals surface area contributed by atoms with Crippen LogP contribution in [0.5, 0.6) is 0 Å². The van der Waals surface area contributed by atoms with Crippen LogP contribution in [0.3, 0.4) is 0 Å². The van der Waals surface area contributed by atoms with E-state index < -0.39 is 23.2 Å². The average molecular weight is 364 g/mol. The predicted octanol–water partition coefficient (Wildman–Crippen LogP) is 5.02. The van der Waals surface area contributed by atoms with Crippen LogP contribution in [0.25, 0.3) is 0 Å². The van der Waals surface area contributed by atoms with Gasteiger partial charge in [0.15, 0.2) is 0 Å². The van der Waals surface area contributed by atoms with Gasteiger partial charge in [-0.25, -0.2) is 0 Å². The van der Waals surface area contributed by atoms with Gasteiger partial charge in [-0.05, 0) is 42.9 Å². The van der Waals surface area contributed by atoms with Gasteiger partial charge in [0.05, 0.1) is 16.7 Å². The summed E-state index contributed by atoms with van der Waals surface area (Å²) in [6.45, 7) is 2.12. The maximum Gasteiger partial charge on any atom is 0.417 e. The van der Waals surface area contributed by atoms with E-state index in [1.165, 1.54) is 23.5 Å². The first-order valence-electron chi connectivity index (χ1n) is 7.83. The van der Waals surface area contributed by atoms with Gasteiger partial charge in [0, 0.05) is 4.88 Å². The monoisotopic (exact) mass is 364 g/mol. The van der Waals surface area contributed by atoms with Gasteiger partial charge in [-0.1, -0.05) is 19.1 Å². The van der Waals surface area contributed by atoms with Crippen molar-refractivity contribution in [3.8, 4) is 6.07 Å². The minimum Gasteiger partial charge on any atom is -0.312 e. The Kier molecular flexibility index (Phi) is 4.56. The highest BCUT2D eigenvalue weighted by atomic mass is 32.1. The van der Waals surface area contributed by atoms with Crippen LogP contribution in [0.15, 0.2) is 24.3 Å². The van der Waals surface area contributed by atoms with Gasteiger partial charge in [0.1, 0.15) is 11.1 Å². The molecule has 0 fully saturated rings. The molecule has 1 aromatic carbocycles. The van der Waals surface area contributed by atoms with E-state index in [2.05, 4.69) is 18.3 Å². The molecular formula is C18H15F3N2OS. The van der Waals surface area contributed by atoms with Crippen molar-refractivity contribution in [2.45, 2.75) is 32.4 Å². The molecule has 2 aromatic rings. The number of alkyl halides is 3. The van der Waals surface area contributed by atoms with Crippen LogP contribution in [0.4, 0.5) is 18.2 Å². The van der Waals surface area contributed by atoms with Crippen LogP contribution in [0.1, 0.15) is 45.3 Å². The number of halogens is 3. The normalized spacial score (nSPS) is 16.8. The molecule has 7 heteroatoms. The molecule has 1 atom stereocenters. The van der Waals surface area contributed by atoms with E-state index in [-0.39, 0.29) is 0 Å². The number of nitrogens with one attached hydrogen (secondary N) is 1. The molecule has 1 amide bonds. The maximum absolute atomic E-state index is 13.1. The van der Waals surface area contributed by atoms with Crippen molar-refractivity contribution >= 4 is 22.2 Å². The molecule has 0 saturated heterocycles. The molecule has 1 aliphatic carbocycles. The van der Waals surface area contributed by atoms with E-state index in [9.17, 15) is 23.2 Å². The standard InChI is InChI=1S/C18H15F3N2OS/c1-10-6-7-11-13(9-22)17(25-15(11)8-10)23-16(24)12-4-2-3-5-14(12)18(19,20)21/h2-5,10H,6-8H2,1H3,(H,23,24)/t10-/m1/s1. The number of hydrogen-bond donors (Lipinski definition) is 1. The van der Waals surface area contributed by atoms with Crippen LogP contribution in [-0.2, 0) is 19.0 Å². The van der Waals surface area contributed by atoms with E-state index in [1.54, 1.807) is 0 Å². The van der Waals surface area contributed by atoms with Crippen LogP contribution < -0.4 is 5.32 Å². The third-order valence-corrected chi connectivity index (χ3v) is 5.50. The number of benzene rings is 1. The number of carbonyl (C=O) groups excluding carboxylic acids is 1. The molecule has 1 aromatic heterocycles. The van der Waals surface area contributed by atoms with Crippen LogP contribution >= 0.6 is 11.3 Å². The number of nitrogens with zero attached hydrogens (tertiary/aromatic N) is 1. The van der Waals surface area contributed by atoms with Crippen molar-refractivity contribution in [1.29, 1.82) is 5.26 Å². The maximum atomic E-state index is 13.1. The fourth-order valence-electron chi connectivity index (χ4n) is 3.06. The van der Waals surface area contributed by atoms with Gasteiger partial charge in [-0.2, -0.15) is 18.4 Å². The lowest BCUT2D eigenvalue weighted by Crippen LogP contribution is -2.18. The molecular weight excluding hydrogens is 349 g/mol. The van der Waals surface area contributed by atoms with E-state index in [4.69, 9.17) is 0 Å². The number of anilines is 1. The molecule has 0 spiro atoms. The van der Waals surface area contributed by atoms with Crippen molar-refractivity contribution in [2.75, 3.05) is 5.32 Å². The number of thiophene rings is 1. The molecule has 0 bridgehead atoms. The topological polar surface area (TPSA) is 52.9 Å². The van der Waals surface area contributed by atoms with E-state index in [0.29, 0.717) is 16.5 Å². The summed E-state index contributed by atoms with van der Waals surface area (Å²) in [6.07, 6.45) is -2.08. The number of rotatable bonds is 2. The average Bonchev–Trinajstić information content (AvgIpc) is 2.89. The van der Waals surface area contributed by atoms with Crippen molar-refractivity contribution in [1.82, 2.24) is 0 Å². The van der Waals surface area contributed by atoms with E-state index in [1.807, 2.05) is 0 Å². The molecule has 25 heavy (non-hydrogen) atoms. The van der Waals surface area contributed by atoms with Gasteiger partial charge in [0.2, 0.25) is 0 Å². The summed E-state index contributed by atoms with van der Waals surface area (Å²) in [5, 5.41) is 12.3. The summed E-state index contributed by atoms with van der Waals surface area (Å²) in [4.78, 5) is 13.4. The highest BCUT2D eigenvalue weighted by Crippen LogP contribution is 2.40. The Balaban J connectivity index is 1.94. The SMILES string of the molecule is C[C@@H]1CCc2c(sc(NC(=O)c3ccccc3C(F)(F)F)c2C#N)C1. The van der Waals surface area contributed by atoms with E-state index >= 15 is 0 Å². The minimum atomic E-state index is -4.61. The van der Waals surface area contributed by atoms with Gasteiger partial charge in [-0.15, -0.1) is 11.3 Å². The lowest BCUT2D eigenvalue weighted by atomic mass is 9.88. The minimum absolute atomic E-state index is 0.337. The first kappa shape index (κ1) is 17.5. The number of fused-ring (bicyclic) bond motifs is 1.